The molecule has 6 aliphatic rings. The van der Waals surface area contributed by atoms with E-state index in [-0.39, 0.29) is 50.0 Å². The van der Waals surface area contributed by atoms with Crippen molar-refractivity contribution in [2.75, 3.05) is 13.2 Å². The van der Waals surface area contributed by atoms with E-state index in [1.54, 1.807) is 0 Å². The van der Waals surface area contributed by atoms with Crippen LogP contribution in [0.1, 0.15) is 112 Å². The first-order valence-electron chi connectivity index (χ1n) is 34.8. The molecule has 9 aromatic carbocycles. The number of ether oxygens (including phenoxy) is 5. The summed E-state index contributed by atoms with van der Waals surface area (Å²) in [7, 11) is -0.822. The second kappa shape index (κ2) is 30.2. The Hall–Kier alpha value is -8.50. The lowest BCUT2D eigenvalue weighted by Gasteiger charge is -2.55. The summed E-state index contributed by atoms with van der Waals surface area (Å²) in [6.07, 6.45) is 2.70. The average Bonchev–Trinajstić information content (AvgIpc) is 1.53. The summed E-state index contributed by atoms with van der Waals surface area (Å²) in [5.74, 6) is 2.50. The number of alkyl halides is 3. The first-order chi connectivity index (χ1) is 48.4. The van der Waals surface area contributed by atoms with E-state index in [0.29, 0.717) is 24.3 Å². The number of hydrogen-bond donors (Lipinski definition) is 0. The molecule has 15 rings (SSSR count). The molecule has 6 fully saturated rings. The van der Waals surface area contributed by atoms with Crippen LogP contribution >= 0.6 is 0 Å². The molecule has 1 saturated heterocycles. The third-order valence-corrected chi connectivity index (χ3v) is 27.7. The molecule has 1 heterocycles. The molecule has 0 amide bonds. The van der Waals surface area contributed by atoms with Gasteiger partial charge < -0.3 is 23.7 Å². The highest BCUT2D eigenvalue weighted by Gasteiger charge is 2.76. The fourth-order valence-electron chi connectivity index (χ4n) is 16.1. The van der Waals surface area contributed by atoms with E-state index in [0.717, 1.165) is 85.9 Å². The molecular formula is C86H88F3O9S3+3. The maximum atomic E-state index is 13.6. The predicted molar refractivity (Wildman–Crippen MR) is 392 cm³/mol. The highest BCUT2D eigenvalue weighted by atomic mass is 32.2. The number of esters is 4. The number of rotatable bonds is 18. The Morgan fingerprint density at radius 2 is 0.752 bits per heavy atom. The lowest BCUT2D eigenvalue weighted by Crippen LogP contribution is -2.51. The van der Waals surface area contributed by atoms with Crippen LogP contribution in [0.2, 0.25) is 0 Å². The van der Waals surface area contributed by atoms with E-state index in [9.17, 15) is 32.3 Å². The van der Waals surface area contributed by atoms with Crippen molar-refractivity contribution < 1.29 is 56.0 Å². The van der Waals surface area contributed by atoms with Crippen LogP contribution in [0.25, 0.3) is 0 Å². The van der Waals surface area contributed by atoms with Crippen molar-refractivity contribution in [2.45, 2.75) is 176 Å². The van der Waals surface area contributed by atoms with Gasteiger partial charge in [-0.3, -0.25) is 9.59 Å². The minimum Gasteiger partial charge on any atom is -0.481 e. The third-order valence-electron chi connectivity index (χ3n) is 21.1. The van der Waals surface area contributed by atoms with Crippen LogP contribution in [-0.2, 0) is 61.3 Å². The van der Waals surface area contributed by atoms with Gasteiger partial charge in [0, 0.05) is 41.8 Å². The summed E-state index contributed by atoms with van der Waals surface area (Å²) < 4.78 is 64.8. The molecule has 5 saturated carbocycles. The molecule has 5 aliphatic carbocycles. The van der Waals surface area contributed by atoms with Crippen LogP contribution in [0, 0.1) is 75.5 Å². The largest absolute Gasteiger partial charge is 0.481 e. The van der Waals surface area contributed by atoms with Gasteiger partial charge in [-0.25, -0.2) is 9.59 Å². The zero-order chi connectivity index (χ0) is 71.4. The Labute approximate surface area is 601 Å². The molecule has 0 radical (unpaired) electrons. The normalized spacial score (nSPS) is 21.3. The van der Waals surface area contributed by atoms with Gasteiger partial charge in [-0.2, -0.15) is 13.2 Å². The van der Waals surface area contributed by atoms with Gasteiger partial charge in [0.2, 0.25) is 5.60 Å². The molecular weight excluding hydrogens is 1330 g/mol. The van der Waals surface area contributed by atoms with Gasteiger partial charge in [-0.05, 0) is 224 Å². The molecule has 522 valence electrons. The van der Waals surface area contributed by atoms with Gasteiger partial charge in [0.05, 0.1) is 49.9 Å². The fraction of sp³-hybridized carbons (Fsp3) is 0.326. The van der Waals surface area contributed by atoms with Crippen LogP contribution in [0.15, 0.2) is 262 Å². The standard InChI is InChI=1S/C31H33O2S.C30H31O4S.C25H24F3O3S/c1-21-13-28(34(26-9-5-3-6-10-26)27-11-7-4-8-12-27)14-22(2)29(21)33-30(32)31-18-23-15-24(19-31)17-25(16-23)20-31;1-20-18-24(35(22-12-8-6-9-13-22)23-14-10-7-11-15-23)19-21(2)25(20)33-27(32)30-17-16-29(5,26(31)34-30)28(30,3)4;1-18-15-22(32(20-9-5-3-6-10-20)21-11-7-4-8-12-21)16-19(2)24(18)31-17-23(29)30-14-13-25(26,27)28/h3-14,23-25H,15-20H2,1-2H3;6-15,18-19H,16-17H2,1-5H3;3-12,15-16H,13-14,17H2,1-2H3/q3*+1. The van der Waals surface area contributed by atoms with E-state index < -0.39 is 54.2 Å². The lowest BCUT2D eigenvalue weighted by molar-refractivity contribution is -0.176. The van der Waals surface area contributed by atoms with Crippen LogP contribution in [0.4, 0.5) is 13.2 Å². The van der Waals surface area contributed by atoms with Crippen LogP contribution in [-0.4, -0.2) is 48.9 Å². The minimum atomic E-state index is -4.36. The Kier molecular flexibility index (Phi) is 21.6. The molecule has 6 bridgehead atoms. The molecule has 0 N–H and O–H groups in total. The second-order valence-corrected chi connectivity index (χ2v) is 34.6. The molecule has 9 nitrogen and oxygen atoms in total. The quantitative estimate of drug-likeness (QED) is 0.0471. The van der Waals surface area contributed by atoms with Crippen LogP contribution in [0.3, 0.4) is 0 Å². The summed E-state index contributed by atoms with van der Waals surface area (Å²) in [5.41, 5.74) is 2.78. The topological polar surface area (TPSA) is 114 Å². The van der Waals surface area contributed by atoms with E-state index in [1.165, 1.54) is 53.5 Å². The molecule has 2 unspecified atom stereocenters. The predicted octanol–water partition coefficient (Wildman–Crippen LogP) is 20.2. The number of carbonyl (C=O) groups excluding carboxylic acids is 4. The van der Waals surface area contributed by atoms with E-state index in [4.69, 9.17) is 18.9 Å². The average molecular weight is 1420 g/mol. The highest BCUT2D eigenvalue weighted by Crippen LogP contribution is 2.66. The van der Waals surface area contributed by atoms with Crippen LogP contribution in [0.5, 0.6) is 17.2 Å². The SMILES string of the molecule is Cc1cc([S+](c2ccccc2)c2ccccc2)cc(C)c1OC(=O)C12CC3CC(CC(C3)C1)C2.Cc1cc([S+](c2ccccc2)c2ccccc2)cc(C)c1OC(=O)C12CCC(C)(C(=O)O1)C2(C)C.Cc1cc([S+](c2ccccc2)c2ccccc2)cc(C)c1OCC(=O)OCCC(F)(F)F. The maximum Gasteiger partial charge on any atom is 0.392 e. The maximum absolute atomic E-state index is 13.6. The van der Waals surface area contributed by atoms with Gasteiger partial charge in [-0.1, -0.05) is 123 Å². The van der Waals surface area contributed by atoms with E-state index in [1.807, 2.05) is 109 Å². The van der Waals surface area contributed by atoms with Crippen molar-refractivity contribution in [2.24, 2.45) is 34.0 Å². The molecule has 1 aliphatic heterocycles. The molecule has 2 atom stereocenters. The number of hydrogen-bond acceptors (Lipinski definition) is 9. The van der Waals surface area contributed by atoms with Crippen molar-refractivity contribution in [1.29, 1.82) is 0 Å². The van der Waals surface area contributed by atoms with Crippen molar-refractivity contribution in [3.05, 3.63) is 252 Å². The number of benzene rings is 9. The molecule has 0 spiro atoms. The highest BCUT2D eigenvalue weighted by molar-refractivity contribution is 7.97. The van der Waals surface area contributed by atoms with E-state index in [2.05, 4.69) is 176 Å². The number of halogens is 3. The smallest absolute Gasteiger partial charge is 0.392 e. The molecule has 9 aromatic rings. The second-order valence-electron chi connectivity index (χ2n) is 28.5. The number of fused-ring (bicyclic) bond motifs is 2. The Morgan fingerprint density at radius 1 is 0.446 bits per heavy atom. The van der Waals surface area contributed by atoms with Gasteiger partial charge in [0.1, 0.15) is 23.9 Å². The zero-order valence-electron chi connectivity index (χ0n) is 58.8. The monoisotopic (exact) mass is 1420 g/mol. The van der Waals surface area contributed by atoms with Gasteiger partial charge in [-0.15, -0.1) is 0 Å². The summed E-state index contributed by atoms with van der Waals surface area (Å²) in [4.78, 5) is 62.5. The number of aryl methyl sites for hydroxylation is 6. The Morgan fingerprint density at radius 3 is 1.04 bits per heavy atom. The van der Waals surface area contributed by atoms with Crippen molar-refractivity contribution >= 4 is 56.6 Å². The first-order valence-corrected chi connectivity index (χ1v) is 38.4. The summed E-state index contributed by atoms with van der Waals surface area (Å²) in [6.45, 7) is 16.5. The van der Waals surface area contributed by atoms with Gasteiger partial charge in [0.15, 0.2) is 50.7 Å². The zero-order valence-corrected chi connectivity index (χ0v) is 61.3. The first kappa shape index (κ1) is 72.3. The summed E-state index contributed by atoms with van der Waals surface area (Å²) in [5, 5.41) is 0. The Bertz CT molecular complexity index is 4220. The third kappa shape index (κ3) is 15.4. The molecule has 101 heavy (non-hydrogen) atoms. The van der Waals surface area contributed by atoms with Gasteiger partial charge >= 0.3 is 30.1 Å². The van der Waals surface area contributed by atoms with Crippen LogP contribution < -0.4 is 14.2 Å². The lowest BCUT2D eigenvalue weighted by atomic mass is 9.49. The van der Waals surface area contributed by atoms with E-state index >= 15 is 0 Å². The van der Waals surface area contributed by atoms with Crippen molar-refractivity contribution in [3.63, 3.8) is 0 Å². The molecule has 0 aromatic heterocycles. The summed E-state index contributed by atoms with van der Waals surface area (Å²) in [6, 6.07) is 75.5. The summed E-state index contributed by atoms with van der Waals surface area (Å²) >= 11 is 0. The van der Waals surface area contributed by atoms with Crippen molar-refractivity contribution in [1.82, 2.24) is 0 Å². The molecule has 15 heteroatoms. The minimum absolute atomic E-state index is 0.0377. The fourth-order valence-corrected chi connectivity index (χ4v) is 22.9. The van der Waals surface area contributed by atoms with Gasteiger partial charge in [0.25, 0.3) is 0 Å². The van der Waals surface area contributed by atoms with Crippen molar-refractivity contribution in [3.8, 4) is 17.2 Å². The number of carbonyl (C=O) groups is 4. The Balaban J connectivity index is 0.000000144.